The van der Waals surface area contributed by atoms with Crippen LogP contribution in [0.2, 0.25) is 0 Å². The monoisotopic (exact) mass is 250 g/mol. The molecule has 0 fully saturated rings. The third-order valence-corrected chi connectivity index (χ3v) is 3.15. The summed E-state index contributed by atoms with van der Waals surface area (Å²) in [7, 11) is 0. The van der Waals surface area contributed by atoms with Gasteiger partial charge in [0.05, 0.1) is 11.4 Å². The molecule has 19 heavy (non-hydrogen) atoms. The van der Waals surface area contributed by atoms with Gasteiger partial charge < -0.3 is 5.11 Å². The van der Waals surface area contributed by atoms with Crippen molar-refractivity contribution in [3.8, 4) is 22.8 Å². The summed E-state index contributed by atoms with van der Waals surface area (Å²) < 4.78 is 1.78. The Bertz CT molecular complexity index is 688. The first-order valence-electron chi connectivity index (χ1n) is 6.17. The van der Waals surface area contributed by atoms with Gasteiger partial charge >= 0.3 is 0 Å². The van der Waals surface area contributed by atoms with Crippen molar-refractivity contribution in [2.45, 2.75) is 6.92 Å². The molecular weight excluding hydrogens is 236 g/mol. The van der Waals surface area contributed by atoms with Crippen LogP contribution in [0.5, 0.6) is 5.88 Å². The van der Waals surface area contributed by atoms with Crippen LogP contribution in [0.25, 0.3) is 16.9 Å². The van der Waals surface area contributed by atoms with Crippen LogP contribution in [-0.2, 0) is 0 Å². The fourth-order valence-electron chi connectivity index (χ4n) is 2.18. The molecule has 0 atom stereocenters. The molecule has 2 aromatic carbocycles. The van der Waals surface area contributed by atoms with Crippen molar-refractivity contribution in [1.82, 2.24) is 9.78 Å². The zero-order chi connectivity index (χ0) is 13.2. The van der Waals surface area contributed by atoms with Crippen molar-refractivity contribution in [1.29, 1.82) is 0 Å². The fraction of sp³-hybridized carbons (Fsp3) is 0.0625. The molecule has 1 aromatic heterocycles. The molecule has 3 rings (SSSR count). The lowest BCUT2D eigenvalue weighted by Crippen LogP contribution is -1.98. The Morgan fingerprint density at radius 3 is 2.11 bits per heavy atom. The Labute approximate surface area is 111 Å². The average molecular weight is 250 g/mol. The highest BCUT2D eigenvalue weighted by Gasteiger charge is 2.16. The zero-order valence-electron chi connectivity index (χ0n) is 10.6. The van der Waals surface area contributed by atoms with E-state index in [2.05, 4.69) is 5.10 Å². The highest BCUT2D eigenvalue weighted by molar-refractivity contribution is 5.67. The first kappa shape index (κ1) is 11.5. The molecule has 0 unspecified atom stereocenters. The summed E-state index contributed by atoms with van der Waals surface area (Å²) >= 11 is 0. The normalized spacial score (nSPS) is 10.6. The standard InChI is InChI=1S/C16H14N2O/c1-12-15(13-8-4-2-5-9-13)18(17-16(12)19)14-10-6-3-7-11-14/h2-11H,1H3,(H,17,19). The Morgan fingerprint density at radius 2 is 1.47 bits per heavy atom. The zero-order valence-corrected chi connectivity index (χ0v) is 10.6. The first-order valence-corrected chi connectivity index (χ1v) is 6.17. The molecule has 1 heterocycles. The van der Waals surface area contributed by atoms with Gasteiger partial charge in [-0.2, -0.15) is 0 Å². The van der Waals surface area contributed by atoms with E-state index in [-0.39, 0.29) is 5.88 Å². The summed E-state index contributed by atoms with van der Waals surface area (Å²) in [6.45, 7) is 1.88. The maximum atomic E-state index is 9.91. The van der Waals surface area contributed by atoms with Crippen molar-refractivity contribution in [3.05, 3.63) is 66.2 Å². The van der Waals surface area contributed by atoms with E-state index in [1.54, 1.807) is 4.68 Å². The smallest absolute Gasteiger partial charge is 0.234 e. The molecule has 0 aliphatic carbocycles. The molecule has 0 amide bonds. The molecule has 0 bridgehead atoms. The summed E-state index contributed by atoms with van der Waals surface area (Å²) in [6, 6.07) is 19.8. The van der Waals surface area contributed by atoms with Crippen LogP contribution in [0, 0.1) is 6.92 Å². The summed E-state index contributed by atoms with van der Waals surface area (Å²) in [5.74, 6) is 0.0720. The molecule has 0 aliphatic rings. The van der Waals surface area contributed by atoms with Crippen molar-refractivity contribution < 1.29 is 5.11 Å². The number of hydrogen-bond acceptors (Lipinski definition) is 2. The van der Waals surface area contributed by atoms with Crippen LogP contribution in [0.3, 0.4) is 0 Å². The molecular formula is C16H14N2O. The second-order valence-electron chi connectivity index (χ2n) is 4.41. The van der Waals surface area contributed by atoms with Crippen LogP contribution in [0.4, 0.5) is 0 Å². The van der Waals surface area contributed by atoms with Gasteiger partial charge in [0, 0.05) is 11.1 Å². The number of rotatable bonds is 2. The molecule has 0 aliphatic heterocycles. The van der Waals surface area contributed by atoms with E-state index < -0.39 is 0 Å². The number of para-hydroxylation sites is 1. The molecule has 0 saturated carbocycles. The quantitative estimate of drug-likeness (QED) is 0.755. The Hall–Kier alpha value is -2.55. The van der Waals surface area contributed by atoms with Crippen molar-refractivity contribution in [2.24, 2.45) is 0 Å². The Kier molecular flexibility index (Phi) is 2.80. The van der Waals surface area contributed by atoms with Crippen LogP contribution in [-0.4, -0.2) is 14.9 Å². The van der Waals surface area contributed by atoms with Crippen LogP contribution < -0.4 is 0 Å². The number of hydrogen-bond donors (Lipinski definition) is 1. The minimum atomic E-state index is 0.0720. The molecule has 94 valence electrons. The molecule has 0 spiro atoms. The van der Waals surface area contributed by atoms with Crippen LogP contribution in [0.1, 0.15) is 5.56 Å². The van der Waals surface area contributed by atoms with Crippen LogP contribution in [0.15, 0.2) is 60.7 Å². The fourth-order valence-corrected chi connectivity index (χ4v) is 2.18. The van der Waals surface area contributed by atoms with Gasteiger partial charge in [-0.1, -0.05) is 48.5 Å². The van der Waals surface area contributed by atoms with Crippen LogP contribution >= 0.6 is 0 Å². The van der Waals surface area contributed by atoms with Gasteiger partial charge in [0.1, 0.15) is 0 Å². The molecule has 0 saturated heterocycles. The predicted octanol–water partition coefficient (Wildman–Crippen LogP) is 3.55. The predicted molar refractivity (Wildman–Crippen MR) is 75.4 cm³/mol. The lowest BCUT2D eigenvalue weighted by Gasteiger charge is -2.08. The summed E-state index contributed by atoms with van der Waals surface area (Å²) in [5, 5.41) is 14.1. The molecule has 3 aromatic rings. The first-order chi connectivity index (χ1) is 9.27. The number of nitrogens with zero attached hydrogens (tertiary/aromatic N) is 2. The van der Waals surface area contributed by atoms with Gasteiger partial charge in [0.15, 0.2) is 0 Å². The third-order valence-electron chi connectivity index (χ3n) is 3.15. The van der Waals surface area contributed by atoms with Gasteiger partial charge in [-0.15, -0.1) is 5.10 Å². The SMILES string of the molecule is Cc1c(O)nn(-c2ccccc2)c1-c1ccccc1. The second kappa shape index (κ2) is 4.61. The maximum Gasteiger partial charge on any atom is 0.234 e. The maximum absolute atomic E-state index is 9.91. The van der Waals surface area contributed by atoms with E-state index in [9.17, 15) is 5.11 Å². The topological polar surface area (TPSA) is 38.1 Å². The third kappa shape index (κ3) is 1.99. The van der Waals surface area contributed by atoms with Crippen molar-refractivity contribution in [2.75, 3.05) is 0 Å². The molecule has 3 heteroatoms. The minimum Gasteiger partial charge on any atom is -0.492 e. The van der Waals surface area contributed by atoms with E-state index in [0.717, 1.165) is 22.5 Å². The highest BCUT2D eigenvalue weighted by atomic mass is 16.3. The minimum absolute atomic E-state index is 0.0720. The van der Waals surface area contributed by atoms with Gasteiger partial charge in [-0.05, 0) is 19.1 Å². The van der Waals surface area contributed by atoms with E-state index in [1.165, 1.54) is 0 Å². The summed E-state index contributed by atoms with van der Waals surface area (Å²) in [6.07, 6.45) is 0. The van der Waals surface area contributed by atoms with Crippen molar-refractivity contribution in [3.63, 3.8) is 0 Å². The Morgan fingerprint density at radius 1 is 0.895 bits per heavy atom. The Balaban J connectivity index is 2.25. The number of aromatic nitrogens is 2. The van der Waals surface area contributed by atoms with E-state index in [4.69, 9.17) is 0 Å². The summed E-state index contributed by atoms with van der Waals surface area (Å²) in [4.78, 5) is 0. The van der Waals surface area contributed by atoms with Gasteiger partial charge in [0.2, 0.25) is 5.88 Å². The number of aromatic hydroxyl groups is 1. The van der Waals surface area contributed by atoms with E-state index in [1.807, 2.05) is 67.6 Å². The summed E-state index contributed by atoms with van der Waals surface area (Å²) in [5.41, 5.74) is 3.68. The highest BCUT2D eigenvalue weighted by Crippen LogP contribution is 2.31. The van der Waals surface area contributed by atoms with Gasteiger partial charge in [0.25, 0.3) is 0 Å². The molecule has 1 N–H and O–H groups in total. The van der Waals surface area contributed by atoms with Gasteiger partial charge in [-0.25, -0.2) is 4.68 Å². The lowest BCUT2D eigenvalue weighted by atomic mass is 10.1. The van der Waals surface area contributed by atoms with E-state index >= 15 is 0 Å². The lowest BCUT2D eigenvalue weighted by molar-refractivity contribution is 0.444. The van der Waals surface area contributed by atoms with Crippen molar-refractivity contribution >= 4 is 0 Å². The largest absolute Gasteiger partial charge is 0.492 e. The molecule has 3 nitrogen and oxygen atoms in total. The molecule has 0 radical (unpaired) electrons. The van der Waals surface area contributed by atoms with Gasteiger partial charge in [-0.3, -0.25) is 0 Å². The second-order valence-corrected chi connectivity index (χ2v) is 4.41. The average Bonchev–Trinajstić information content (AvgIpc) is 2.77. The van der Waals surface area contributed by atoms with E-state index in [0.29, 0.717) is 0 Å². The number of benzene rings is 2.